The molecule has 0 unspecified atom stereocenters. The lowest BCUT2D eigenvalue weighted by Crippen LogP contribution is -2.19. The number of halogens is 1. The van der Waals surface area contributed by atoms with E-state index < -0.39 is 0 Å². The molecule has 30 heavy (non-hydrogen) atoms. The van der Waals surface area contributed by atoms with Crippen molar-refractivity contribution in [3.8, 4) is 17.0 Å². The molecule has 0 radical (unpaired) electrons. The first-order chi connectivity index (χ1) is 14.7. The highest BCUT2D eigenvalue weighted by molar-refractivity contribution is 7.99. The van der Waals surface area contributed by atoms with Crippen molar-refractivity contribution in [2.75, 3.05) is 5.75 Å². The Bertz CT molecular complexity index is 1160. The lowest BCUT2D eigenvalue weighted by molar-refractivity contribution is -0.118. The molecular weight excluding hydrogens is 407 g/mol. The summed E-state index contributed by atoms with van der Waals surface area (Å²) >= 11 is 1.19. The van der Waals surface area contributed by atoms with Crippen LogP contribution in [0.1, 0.15) is 5.76 Å². The number of nitrogens with one attached hydrogen (secondary N) is 1. The van der Waals surface area contributed by atoms with Gasteiger partial charge in [0.1, 0.15) is 17.3 Å². The highest BCUT2D eigenvalue weighted by Gasteiger charge is 2.11. The van der Waals surface area contributed by atoms with Crippen LogP contribution in [-0.4, -0.2) is 38.1 Å². The van der Waals surface area contributed by atoms with Crippen molar-refractivity contribution in [3.63, 3.8) is 0 Å². The molecule has 150 valence electrons. The normalized spacial score (nSPS) is 11.1. The molecule has 0 saturated heterocycles. The smallest absolute Gasteiger partial charge is 0.250 e. The van der Waals surface area contributed by atoms with E-state index in [1.165, 1.54) is 30.1 Å². The van der Waals surface area contributed by atoms with Crippen LogP contribution in [0.2, 0.25) is 0 Å². The lowest BCUT2D eigenvalue weighted by atomic mass is 10.2. The quantitative estimate of drug-likeness (QED) is 0.279. The molecule has 0 saturated carbocycles. The first-order valence-corrected chi connectivity index (χ1v) is 9.82. The molecule has 4 rings (SSSR count). The number of carbonyl (C=O) groups is 1. The summed E-state index contributed by atoms with van der Waals surface area (Å²) in [7, 11) is 0. The van der Waals surface area contributed by atoms with E-state index in [4.69, 9.17) is 4.42 Å². The van der Waals surface area contributed by atoms with Gasteiger partial charge in [-0.1, -0.05) is 30.0 Å². The lowest BCUT2D eigenvalue weighted by Gasteiger charge is -2.03. The number of carbonyl (C=O) groups excluding carboxylic acids is 1. The number of para-hydroxylation sites is 1. The molecule has 2 aromatic carbocycles. The molecule has 0 atom stereocenters. The van der Waals surface area contributed by atoms with Gasteiger partial charge >= 0.3 is 0 Å². The van der Waals surface area contributed by atoms with Crippen molar-refractivity contribution in [1.29, 1.82) is 0 Å². The topological polar surface area (TPSA) is 98.2 Å². The molecule has 8 nitrogen and oxygen atoms in total. The zero-order valence-electron chi connectivity index (χ0n) is 15.5. The fraction of sp³-hybridized carbons (Fsp3) is 0.0500. The van der Waals surface area contributed by atoms with Crippen LogP contribution in [0.4, 0.5) is 4.39 Å². The van der Waals surface area contributed by atoms with Crippen LogP contribution in [0, 0.1) is 5.82 Å². The Balaban J connectivity index is 1.30. The van der Waals surface area contributed by atoms with E-state index >= 15 is 0 Å². The molecule has 2 aromatic heterocycles. The molecular formula is C20H15FN6O2S. The van der Waals surface area contributed by atoms with Crippen molar-refractivity contribution in [1.82, 2.24) is 25.6 Å². The van der Waals surface area contributed by atoms with Crippen molar-refractivity contribution in [2.45, 2.75) is 5.16 Å². The number of thioether (sulfide) groups is 1. The van der Waals surface area contributed by atoms with E-state index in [0.717, 1.165) is 11.3 Å². The number of hydrazone groups is 1. The Morgan fingerprint density at radius 1 is 1.13 bits per heavy atom. The number of rotatable bonds is 7. The number of hydrogen-bond acceptors (Lipinski definition) is 7. The average molecular weight is 422 g/mol. The fourth-order valence-corrected chi connectivity index (χ4v) is 3.21. The highest BCUT2D eigenvalue weighted by atomic mass is 32.2. The largest absolute Gasteiger partial charge is 0.455 e. The number of amides is 1. The Morgan fingerprint density at radius 2 is 1.93 bits per heavy atom. The first kappa shape index (κ1) is 19.5. The summed E-state index contributed by atoms with van der Waals surface area (Å²) in [5.74, 6) is 0.486. The Hall–Kier alpha value is -3.79. The predicted molar refractivity (Wildman–Crippen MR) is 110 cm³/mol. The van der Waals surface area contributed by atoms with Gasteiger partial charge in [0.15, 0.2) is 0 Å². The monoisotopic (exact) mass is 422 g/mol. The first-order valence-electron chi connectivity index (χ1n) is 8.83. The van der Waals surface area contributed by atoms with Gasteiger partial charge in [-0.3, -0.25) is 4.79 Å². The second kappa shape index (κ2) is 9.14. The van der Waals surface area contributed by atoms with Gasteiger partial charge in [-0.05, 0) is 59.0 Å². The molecule has 0 aliphatic heterocycles. The third kappa shape index (κ3) is 4.78. The summed E-state index contributed by atoms with van der Waals surface area (Å²) < 4.78 is 20.2. The van der Waals surface area contributed by atoms with Gasteiger partial charge in [-0.25, -0.2) is 9.82 Å². The third-order valence-corrected chi connectivity index (χ3v) is 4.83. The van der Waals surface area contributed by atoms with Gasteiger partial charge in [0.2, 0.25) is 5.16 Å². The van der Waals surface area contributed by atoms with Crippen LogP contribution in [0.3, 0.4) is 0 Å². The number of aromatic nitrogens is 4. The van der Waals surface area contributed by atoms with Crippen LogP contribution in [-0.2, 0) is 4.79 Å². The fourth-order valence-electron chi connectivity index (χ4n) is 2.52. The van der Waals surface area contributed by atoms with Crippen molar-refractivity contribution < 1.29 is 13.6 Å². The predicted octanol–water partition coefficient (Wildman–Crippen LogP) is 3.30. The molecule has 0 aliphatic rings. The van der Waals surface area contributed by atoms with Gasteiger partial charge in [-0.2, -0.15) is 9.78 Å². The van der Waals surface area contributed by atoms with Gasteiger partial charge in [0.25, 0.3) is 5.91 Å². The van der Waals surface area contributed by atoms with Gasteiger partial charge in [0.05, 0.1) is 17.7 Å². The molecule has 4 aromatic rings. The van der Waals surface area contributed by atoms with E-state index in [0.29, 0.717) is 16.7 Å². The van der Waals surface area contributed by atoms with E-state index in [-0.39, 0.29) is 17.5 Å². The summed E-state index contributed by atoms with van der Waals surface area (Å²) in [5, 5.41) is 15.9. The highest BCUT2D eigenvalue weighted by Crippen LogP contribution is 2.21. The number of benzene rings is 2. The molecule has 2 heterocycles. The zero-order valence-corrected chi connectivity index (χ0v) is 16.3. The van der Waals surface area contributed by atoms with Crippen LogP contribution >= 0.6 is 11.8 Å². The molecule has 0 spiro atoms. The third-order valence-electron chi connectivity index (χ3n) is 3.91. The summed E-state index contributed by atoms with van der Waals surface area (Å²) in [6, 6.07) is 18.8. The zero-order chi connectivity index (χ0) is 20.8. The summed E-state index contributed by atoms with van der Waals surface area (Å²) in [6.07, 6.45) is 1.39. The SMILES string of the molecule is O=C(CSc1nnnn1-c1ccccc1)N/N=C/c1ccc(-c2ccc(F)cc2)o1. The van der Waals surface area contributed by atoms with E-state index in [1.807, 2.05) is 30.3 Å². The molecule has 1 amide bonds. The van der Waals surface area contributed by atoms with Gasteiger partial charge in [0, 0.05) is 5.56 Å². The number of hydrogen-bond donors (Lipinski definition) is 1. The van der Waals surface area contributed by atoms with Gasteiger partial charge in [-0.15, -0.1) is 5.10 Å². The van der Waals surface area contributed by atoms with Crippen molar-refractivity contribution >= 4 is 23.9 Å². The van der Waals surface area contributed by atoms with Crippen molar-refractivity contribution in [2.24, 2.45) is 5.10 Å². The van der Waals surface area contributed by atoms with Crippen molar-refractivity contribution in [3.05, 3.63) is 78.3 Å². The average Bonchev–Trinajstić information content (AvgIpc) is 3.43. The molecule has 10 heteroatoms. The molecule has 0 fully saturated rings. The minimum absolute atomic E-state index is 0.0868. The standard InChI is InChI=1S/C20H15FN6O2S/c21-15-8-6-14(7-9-15)18-11-10-17(29-18)12-22-23-19(28)13-30-20-24-25-26-27(20)16-4-2-1-3-5-16/h1-12H,13H2,(H,23,28)/b22-12+. The number of tetrazole rings is 1. The minimum Gasteiger partial charge on any atom is -0.455 e. The van der Waals surface area contributed by atoms with Crippen LogP contribution in [0.15, 0.2) is 81.4 Å². The Kier molecular flexibility index (Phi) is 5.95. The summed E-state index contributed by atoms with van der Waals surface area (Å²) in [4.78, 5) is 12.0. The van der Waals surface area contributed by atoms with E-state index in [1.54, 1.807) is 28.9 Å². The maximum Gasteiger partial charge on any atom is 0.250 e. The maximum atomic E-state index is 13.0. The second-order valence-corrected chi connectivity index (χ2v) is 6.94. The summed E-state index contributed by atoms with van der Waals surface area (Å²) in [5.41, 5.74) is 3.98. The summed E-state index contributed by atoms with van der Waals surface area (Å²) in [6.45, 7) is 0. The molecule has 0 aliphatic carbocycles. The van der Waals surface area contributed by atoms with Crippen LogP contribution in [0.5, 0.6) is 0 Å². The van der Waals surface area contributed by atoms with E-state index in [2.05, 4.69) is 26.1 Å². The second-order valence-electron chi connectivity index (χ2n) is 6.00. The van der Waals surface area contributed by atoms with Crippen LogP contribution < -0.4 is 5.43 Å². The molecule has 0 bridgehead atoms. The number of nitrogens with zero attached hydrogens (tertiary/aromatic N) is 5. The van der Waals surface area contributed by atoms with Gasteiger partial charge < -0.3 is 4.42 Å². The molecule has 1 N–H and O–H groups in total. The Morgan fingerprint density at radius 3 is 2.73 bits per heavy atom. The Labute approximate surface area is 174 Å². The van der Waals surface area contributed by atoms with Crippen LogP contribution in [0.25, 0.3) is 17.0 Å². The maximum absolute atomic E-state index is 13.0. The number of furan rings is 1. The van der Waals surface area contributed by atoms with E-state index in [9.17, 15) is 9.18 Å². The minimum atomic E-state index is -0.316.